The second-order valence-corrected chi connectivity index (χ2v) is 4.68. The number of rotatable bonds is 0. The number of carbonyl (C=O) groups is 1. The molecule has 13 heavy (non-hydrogen) atoms. The molecule has 1 N–H and O–H groups in total. The van der Waals surface area contributed by atoms with Gasteiger partial charge < -0.3 is 5.32 Å². The summed E-state index contributed by atoms with van der Waals surface area (Å²) in [7, 11) is 0. The molecule has 0 aromatic heterocycles. The normalized spacial score (nSPS) is 18.2. The number of benzene rings is 1. The summed E-state index contributed by atoms with van der Waals surface area (Å²) in [5.41, 5.74) is 1.61. The molecule has 1 aliphatic rings. The molecule has 0 radical (unpaired) electrons. The van der Waals surface area contributed by atoms with Crippen molar-refractivity contribution >= 4 is 21.8 Å². The Morgan fingerprint density at radius 2 is 2.08 bits per heavy atom. The second-order valence-electron chi connectivity index (χ2n) is 3.77. The van der Waals surface area contributed by atoms with Crippen LogP contribution in [-0.4, -0.2) is 5.91 Å². The van der Waals surface area contributed by atoms with Crippen molar-refractivity contribution in [2.75, 3.05) is 0 Å². The van der Waals surface area contributed by atoms with Crippen LogP contribution in [-0.2, 0) is 5.54 Å². The van der Waals surface area contributed by atoms with Crippen LogP contribution in [0.5, 0.6) is 0 Å². The van der Waals surface area contributed by atoms with Gasteiger partial charge in [0.15, 0.2) is 0 Å². The number of amides is 1. The summed E-state index contributed by atoms with van der Waals surface area (Å²) in [6.45, 7) is 4.01. The minimum atomic E-state index is -0.240. The summed E-state index contributed by atoms with van der Waals surface area (Å²) >= 11 is 3.40. The molecular formula is C10H10BrNO. The number of nitrogens with one attached hydrogen (secondary N) is 1. The highest BCUT2D eigenvalue weighted by molar-refractivity contribution is 9.10. The molecule has 0 saturated heterocycles. The van der Waals surface area contributed by atoms with Crippen LogP contribution in [0.15, 0.2) is 22.7 Å². The van der Waals surface area contributed by atoms with E-state index in [1.54, 1.807) is 0 Å². The van der Waals surface area contributed by atoms with Crippen molar-refractivity contribution in [2.45, 2.75) is 19.4 Å². The highest BCUT2D eigenvalue weighted by Crippen LogP contribution is 2.32. The van der Waals surface area contributed by atoms with Crippen LogP contribution in [0.3, 0.4) is 0 Å². The summed E-state index contributed by atoms with van der Waals surface area (Å²) in [6.07, 6.45) is 0. The first-order valence-corrected chi connectivity index (χ1v) is 4.92. The van der Waals surface area contributed by atoms with E-state index in [4.69, 9.17) is 0 Å². The first kappa shape index (κ1) is 8.75. The fraction of sp³-hybridized carbons (Fsp3) is 0.300. The molecule has 0 fully saturated rings. The maximum atomic E-state index is 11.5. The lowest BCUT2D eigenvalue weighted by atomic mass is 9.95. The third-order valence-electron chi connectivity index (χ3n) is 2.33. The fourth-order valence-electron chi connectivity index (χ4n) is 1.65. The van der Waals surface area contributed by atoms with Gasteiger partial charge in [-0.2, -0.15) is 0 Å². The summed E-state index contributed by atoms with van der Waals surface area (Å²) in [5.74, 6) is 0.0208. The first-order chi connectivity index (χ1) is 6.00. The van der Waals surface area contributed by atoms with Crippen molar-refractivity contribution in [1.29, 1.82) is 0 Å². The SMILES string of the molecule is CC1(C)NC(=O)c2ccc(Br)cc21. The second kappa shape index (κ2) is 2.58. The van der Waals surface area contributed by atoms with Gasteiger partial charge in [0.1, 0.15) is 0 Å². The van der Waals surface area contributed by atoms with Crippen molar-refractivity contribution in [3.8, 4) is 0 Å². The molecule has 1 aromatic carbocycles. The van der Waals surface area contributed by atoms with E-state index in [0.717, 1.165) is 15.6 Å². The number of hydrogen-bond acceptors (Lipinski definition) is 1. The summed E-state index contributed by atoms with van der Waals surface area (Å²) in [5, 5.41) is 2.93. The molecule has 0 saturated carbocycles. The lowest BCUT2D eigenvalue weighted by Gasteiger charge is -2.18. The molecule has 0 spiro atoms. The molecule has 2 nitrogen and oxygen atoms in total. The van der Waals surface area contributed by atoms with Crippen molar-refractivity contribution < 1.29 is 4.79 Å². The van der Waals surface area contributed by atoms with Crippen molar-refractivity contribution in [3.63, 3.8) is 0 Å². The van der Waals surface area contributed by atoms with Gasteiger partial charge >= 0.3 is 0 Å². The summed E-state index contributed by atoms with van der Waals surface area (Å²) < 4.78 is 1.01. The van der Waals surface area contributed by atoms with Gasteiger partial charge in [-0.05, 0) is 37.6 Å². The quantitative estimate of drug-likeness (QED) is 0.741. The number of carbonyl (C=O) groups excluding carboxylic acids is 1. The van der Waals surface area contributed by atoms with E-state index in [9.17, 15) is 4.79 Å². The molecule has 0 atom stereocenters. The van der Waals surface area contributed by atoms with Gasteiger partial charge in [0, 0.05) is 10.0 Å². The summed E-state index contributed by atoms with van der Waals surface area (Å²) in [6, 6.07) is 5.73. The maximum absolute atomic E-state index is 11.5. The van der Waals surface area contributed by atoms with Crippen LogP contribution < -0.4 is 5.32 Å². The molecule has 2 rings (SSSR count). The Bertz CT molecular complexity index is 385. The van der Waals surface area contributed by atoms with Crippen LogP contribution in [0.4, 0.5) is 0 Å². The van der Waals surface area contributed by atoms with Gasteiger partial charge in [0.05, 0.1) is 5.54 Å². The third kappa shape index (κ3) is 1.27. The smallest absolute Gasteiger partial charge is 0.252 e. The van der Waals surface area contributed by atoms with Gasteiger partial charge in [-0.15, -0.1) is 0 Å². The lowest BCUT2D eigenvalue weighted by molar-refractivity contribution is 0.0940. The number of fused-ring (bicyclic) bond motifs is 1. The first-order valence-electron chi connectivity index (χ1n) is 4.13. The molecule has 1 aromatic rings. The highest BCUT2D eigenvalue weighted by Gasteiger charge is 2.34. The maximum Gasteiger partial charge on any atom is 0.252 e. The minimum Gasteiger partial charge on any atom is -0.343 e. The average Bonchev–Trinajstić information content (AvgIpc) is 2.23. The highest BCUT2D eigenvalue weighted by atomic mass is 79.9. The van der Waals surface area contributed by atoms with Crippen molar-refractivity contribution in [2.24, 2.45) is 0 Å². The predicted molar refractivity (Wildman–Crippen MR) is 54.6 cm³/mol. The molecule has 1 aliphatic heterocycles. The van der Waals surface area contributed by atoms with Crippen molar-refractivity contribution in [3.05, 3.63) is 33.8 Å². The van der Waals surface area contributed by atoms with Crippen LogP contribution in [0.1, 0.15) is 29.8 Å². The van der Waals surface area contributed by atoms with E-state index < -0.39 is 0 Å². The molecule has 3 heteroatoms. The van der Waals surface area contributed by atoms with E-state index in [1.165, 1.54) is 0 Å². The van der Waals surface area contributed by atoms with Gasteiger partial charge in [0.25, 0.3) is 5.91 Å². The molecule has 68 valence electrons. The Kier molecular flexibility index (Phi) is 1.74. The third-order valence-corrected chi connectivity index (χ3v) is 2.82. The van der Waals surface area contributed by atoms with E-state index in [0.29, 0.717) is 0 Å². The zero-order chi connectivity index (χ0) is 9.64. The predicted octanol–water partition coefficient (Wildman–Crippen LogP) is 2.43. The van der Waals surface area contributed by atoms with Gasteiger partial charge in [-0.1, -0.05) is 15.9 Å². The summed E-state index contributed by atoms with van der Waals surface area (Å²) in [4.78, 5) is 11.5. The molecule has 1 amide bonds. The Labute approximate surface area is 85.5 Å². The monoisotopic (exact) mass is 239 g/mol. The number of halogens is 1. The van der Waals surface area contributed by atoms with E-state index in [2.05, 4.69) is 21.2 Å². The molecule has 0 aliphatic carbocycles. The largest absolute Gasteiger partial charge is 0.343 e. The number of hydrogen-bond donors (Lipinski definition) is 1. The Morgan fingerprint density at radius 1 is 1.38 bits per heavy atom. The zero-order valence-electron chi connectivity index (χ0n) is 7.52. The zero-order valence-corrected chi connectivity index (χ0v) is 9.10. The van der Waals surface area contributed by atoms with Crippen LogP contribution >= 0.6 is 15.9 Å². The Morgan fingerprint density at radius 3 is 2.77 bits per heavy atom. The van der Waals surface area contributed by atoms with E-state index >= 15 is 0 Å². The fourth-order valence-corrected chi connectivity index (χ4v) is 2.01. The standard InChI is InChI=1S/C10H10BrNO/c1-10(2)8-5-6(11)3-4-7(8)9(13)12-10/h3-5H,1-2H3,(H,12,13). The van der Waals surface area contributed by atoms with Crippen LogP contribution in [0, 0.1) is 0 Å². The molecule has 1 heterocycles. The molecular weight excluding hydrogens is 230 g/mol. The lowest BCUT2D eigenvalue weighted by Crippen LogP contribution is -2.32. The van der Waals surface area contributed by atoms with Gasteiger partial charge in [-0.3, -0.25) is 4.79 Å². The van der Waals surface area contributed by atoms with E-state index in [1.807, 2.05) is 32.0 Å². The topological polar surface area (TPSA) is 29.1 Å². The Hall–Kier alpha value is -0.830. The van der Waals surface area contributed by atoms with E-state index in [-0.39, 0.29) is 11.4 Å². The Balaban J connectivity index is 2.66. The molecule has 0 bridgehead atoms. The minimum absolute atomic E-state index is 0.0208. The van der Waals surface area contributed by atoms with Gasteiger partial charge in [-0.25, -0.2) is 0 Å². The van der Waals surface area contributed by atoms with Gasteiger partial charge in [0.2, 0.25) is 0 Å². The average molecular weight is 240 g/mol. The molecule has 0 unspecified atom stereocenters. The van der Waals surface area contributed by atoms with Crippen LogP contribution in [0.25, 0.3) is 0 Å². The van der Waals surface area contributed by atoms with Crippen molar-refractivity contribution in [1.82, 2.24) is 5.32 Å². The van der Waals surface area contributed by atoms with Crippen LogP contribution in [0.2, 0.25) is 0 Å².